The van der Waals surface area contributed by atoms with Gasteiger partial charge in [0.25, 0.3) is 0 Å². The quantitative estimate of drug-likeness (QED) is 0.696. The Balaban J connectivity index is 1.78. The third kappa shape index (κ3) is 1.80. The van der Waals surface area contributed by atoms with Crippen molar-refractivity contribution in [2.24, 2.45) is 11.8 Å². The van der Waals surface area contributed by atoms with E-state index in [0.29, 0.717) is 12.7 Å². The van der Waals surface area contributed by atoms with E-state index in [-0.39, 0.29) is 6.61 Å². The molecular formula is C10H18O2. The predicted octanol–water partition coefficient (Wildman–Crippen LogP) is 1.57. The van der Waals surface area contributed by atoms with Gasteiger partial charge in [-0.15, -0.1) is 0 Å². The lowest BCUT2D eigenvalue weighted by Gasteiger charge is -2.27. The molecule has 70 valence electrons. The zero-order chi connectivity index (χ0) is 8.39. The van der Waals surface area contributed by atoms with Crippen LogP contribution in [-0.2, 0) is 4.74 Å². The molecule has 0 aromatic rings. The second-order valence-electron chi connectivity index (χ2n) is 4.23. The minimum Gasteiger partial charge on any atom is -0.394 e. The molecule has 2 nitrogen and oxygen atoms in total. The second-order valence-corrected chi connectivity index (χ2v) is 4.23. The fraction of sp³-hybridized carbons (Fsp3) is 1.00. The van der Waals surface area contributed by atoms with Crippen molar-refractivity contribution in [2.75, 3.05) is 13.2 Å². The standard InChI is InChI=1S/C10H18O2/c11-3-4-12-10-6-8-1-2-9(5-8)7-10/h8-11H,1-7H2. The van der Waals surface area contributed by atoms with Crippen molar-refractivity contribution in [3.05, 3.63) is 0 Å². The van der Waals surface area contributed by atoms with E-state index < -0.39 is 0 Å². The summed E-state index contributed by atoms with van der Waals surface area (Å²) < 4.78 is 5.56. The molecule has 0 aromatic heterocycles. The Labute approximate surface area is 73.9 Å². The van der Waals surface area contributed by atoms with Crippen LogP contribution in [0.1, 0.15) is 32.1 Å². The molecular weight excluding hydrogens is 152 g/mol. The molecule has 2 unspecified atom stereocenters. The molecule has 0 amide bonds. The van der Waals surface area contributed by atoms with Crippen molar-refractivity contribution >= 4 is 0 Å². The average Bonchev–Trinajstić information content (AvgIpc) is 2.42. The van der Waals surface area contributed by atoms with Gasteiger partial charge < -0.3 is 9.84 Å². The Morgan fingerprint density at radius 2 is 1.75 bits per heavy atom. The summed E-state index contributed by atoms with van der Waals surface area (Å²) in [5, 5.41) is 8.62. The topological polar surface area (TPSA) is 29.5 Å². The summed E-state index contributed by atoms with van der Waals surface area (Å²) >= 11 is 0. The van der Waals surface area contributed by atoms with E-state index in [1.807, 2.05) is 0 Å². The number of hydrogen-bond acceptors (Lipinski definition) is 2. The van der Waals surface area contributed by atoms with Gasteiger partial charge in [-0.25, -0.2) is 0 Å². The lowest BCUT2D eigenvalue weighted by molar-refractivity contribution is -0.00661. The molecule has 0 aromatic carbocycles. The van der Waals surface area contributed by atoms with Gasteiger partial charge in [-0.3, -0.25) is 0 Å². The molecule has 0 aliphatic heterocycles. The molecule has 0 saturated heterocycles. The molecule has 2 atom stereocenters. The van der Waals surface area contributed by atoms with Gasteiger partial charge in [0, 0.05) is 0 Å². The van der Waals surface area contributed by atoms with E-state index in [2.05, 4.69) is 0 Å². The van der Waals surface area contributed by atoms with Gasteiger partial charge in [0.1, 0.15) is 0 Å². The minimum atomic E-state index is 0.172. The van der Waals surface area contributed by atoms with E-state index >= 15 is 0 Å². The van der Waals surface area contributed by atoms with E-state index in [9.17, 15) is 0 Å². The fourth-order valence-electron chi connectivity index (χ4n) is 2.80. The van der Waals surface area contributed by atoms with Crippen LogP contribution in [0.25, 0.3) is 0 Å². The first-order chi connectivity index (χ1) is 5.88. The molecule has 2 rings (SSSR count). The summed E-state index contributed by atoms with van der Waals surface area (Å²) in [7, 11) is 0. The van der Waals surface area contributed by atoms with Crippen molar-refractivity contribution in [3.8, 4) is 0 Å². The molecule has 2 aliphatic rings. The number of rotatable bonds is 3. The monoisotopic (exact) mass is 170 g/mol. The Hall–Kier alpha value is -0.0800. The largest absolute Gasteiger partial charge is 0.394 e. The first-order valence-electron chi connectivity index (χ1n) is 5.11. The highest BCUT2D eigenvalue weighted by Crippen LogP contribution is 2.42. The average molecular weight is 170 g/mol. The van der Waals surface area contributed by atoms with Crippen LogP contribution in [0, 0.1) is 11.8 Å². The Morgan fingerprint density at radius 3 is 2.33 bits per heavy atom. The summed E-state index contributed by atoms with van der Waals surface area (Å²) in [6.45, 7) is 0.704. The van der Waals surface area contributed by atoms with Crippen LogP contribution in [0.3, 0.4) is 0 Å². The molecule has 2 heteroatoms. The molecule has 12 heavy (non-hydrogen) atoms. The lowest BCUT2D eigenvalue weighted by Crippen LogP contribution is -2.24. The number of aliphatic hydroxyl groups excluding tert-OH is 1. The molecule has 2 fully saturated rings. The maximum Gasteiger partial charge on any atom is 0.0701 e. The highest BCUT2D eigenvalue weighted by atomic mass is 16.5. The van der Waals surface area contributed by atoms with Crippen molar-refractivity contribution in [1.29, 1.82) is 0 Å². The van der Waals surface area contributed by atoms with E-state index in [1.165, 1.54) is 32.1 Å². The zero-order valence-electron chi connectivity index (χ0n) is 7.54. The highest BCUT2D eigenvalue weighted by molar-refractivity contribution is 4.85. The van der Waals surface area contributed by atoms with Gasteiger partial charge in [-0.2, -0.15) is 0 Å². The second kappa shape index (κ2) is 3.75. The molecule has 2 aliphatic carbocycles. The number of ether oxygens (including phenoxy) is 1. The maximum absolute atomic E-state index is 8.62. The zero-order valence-corrected chi connectivity index (χ0v) is 7.54. The maximum atomic E-state index is 8.62. The molecule has 0 heterocycles. The van der Waals surface area contributed by atoms with Crippen LogP contribution >= 0.6 is 0 Å². The van der Waals surface area contributed by atoms with E-state index in [4.69, 9.17) is 9.84 Å². The van der Waals surface area contributed by atoms with Gasteiger partial charge in [-0.05, 0) is 31.1 Å². The summed E-state index contributed by atoms with van der Waals surface area (Å²) in [5.74, 6) is 1.87. The summed E-state index contributed by atoms with van der Waals surface area (Å²) in [6.07, 6.45) is 7.24. The van der Waals surface area contributed by atoms with Crippen LogP contribution in [-0.4, -0.2) is 24.4 Å². The minimum absolute atomic E-state index is 0.172. The van der Waals surface area contributed by atoms with Crippen molar-refractivity contribution in [2.45, 2.75) is 38.2 Å². The van der Waals surface area contributed by atoms with Crippen LogP contribution in [0.15, 0.2) is 0 Å². The third-order valence-corrected chi connectivity index (χ3v) is 3.29. The molecule has 0 spiro atoms. The normalized spacial score (nSPS) is 40.2. The van der Waals surface area contributed by atoms with Crippen LogP contribution in [0.2, 0.25) is 0 Å². The van der Waals surface area contributed by atoms with Crippen LogP contribution < -0.4 is 0 Å². The number of aliphatic hydroxyl groups is 1. The summed E-state index contributed by atoms with van der Waals surface area (Å²) in [6, 6.07) is 0. The third-order valence-electron chi connectivity index (χ3n) is 3.29. The smallest absolute Gasteiger partial charge is 0.0701 e. The van der Waals surface area contributed by atoms with Crippen LogP contribution in [0.5, 0.6) is 0 Å². The van der Waals surface area contributed by atoms with Gasteiger partial charge in [0.15, 0.2) is 0 Å². The molecule has 1 N–H and O–H groups in total. The van der Waals surface area contributed by atoms with Gasteiger partial charge in [0.05, 0.1) is 19.3 Å². The van der Waals surface area contributed by atoms with Crippen molar-refractivity contribution in [3.63, 3.8) is 0 Å². The molecule has 2 saturated carbocycles. The van der Waals surface area contributed by atoms with E-state index in [0.717, 1.165) is 11.8 Å². The Kier molecular flexibility index (Phi) is 2.66. The Morgan fingerprint density at radius 1 is 1.08 bits per heavy atom. The molecule has 0 radical (unpaired) electrons. The molecule has 2 bridgehead atoms. The van der Waals surface area contributed by atoms with Gasteiger partial charge in [0.2, 0.25) is 0 Å². The predicted molar refractivity (Wildman–Crippen MR) is 46.9 cm³/mol. The Bertz CT molecular complexity index is 135. The lowest BCUT2D eigenvalue weighted by atomic mass is 9.87. The van der Waals surface area contributed by atoms with Crippen molar-refractivity contribution < 1.29 is 9.84 Å². The van der Waals surface area contributed by atoms with Crippen molar-refractivity contribution in [1.82, 2.24) is 0 Å². The van der Waals surface area contributed by atoms with Crippen LogP contribution in [0.4, 0.5) is 0 Å². The number of fused-ring (bicyclic) bond motifs is 2. The summed E-state index contributed by atoms with van der Waals surface area (Å²) in [5.41, 5.74) is 0. The number of hydrogen-bond donors (Lipinski definition) is 1. The first kappa shape index (κ1) is 8.52. The first-order valence-corrected chi connectivity index (χ1v) is 5.11. The van der Waals surface area contributed by atoms with Gasteiger partial charge in [-0.1, -0.05) is 12.8 Å². The van der Waals surface area contributed by atoms with Gasteiger partial charge >= 0.3 is 0 Å². The van der Waals surface area contributed by atoms with E-state index in [1.54, 1.807) is 0 Å². The highest BCUT2D eigenvalue weighted by Gasteiger charge is 2.34. The fourth-order valence-corrected chi connectivity index (χ4v) is 2.80. The SMILES string of the molecule is OCCOC1CC2CCC(C2)C1. The summed E-state index contributed by atoms with van der Waals surface area (Å²) in [4.78, 5) is 0.